The first-order valence-corrected chi connectivity index (χ1v) is 11.3. The van der Waals surface area contributed by atoms with Gasteiger partial charge in [0.1, 0.15) is 16.9 Å². The second-order valence-corrected chi connectivity index (χ2v) is 8.69. The number of hydrogen-bond acceptors (Lipinski definition) is 4. The highest BCUT2D eigenvalue weighted by Gasteiger charge is 2.19. The number of thioether (sulfide) groups is 1. The van der Waals surface area contributed by atoms with Crippen LogP contribution in [0.4, 0.5) is 4.39 Å². The molecule has 2 aromatic heterocycles. The Labute approximate surface area is 177 Å². The van der Waals surface area contributed by atoms with Crippen molar-refractivity contribution in [2.45, 2.75) is 24.4 Å². The number of rotatable bonds is 5. The number of hydrogen-bond donors (Lipinski definition) is 1. The van der Waals surface area contributed by atoms with E-state index in [1.54, 1.807) is 18.2 Å². The summed E-state index contributed by atoms with van der Waals surface area (Å²) in [5, 5.41) is 1.43. The second-order valence-electron chi connectivity index (χ2n) is 7.63. The largest absolute Gasteiger partial charge is 0.349 e. The second kappa shape index (κ2) is 8.24. The molecule has 2 aromatic carbocycles. The standard InChI is InChI=1S/C23H23FN4OS/c24-17-9-3-5-11-19(17)28-22(29)21-20(16-8-2-4-10-18(16)25-21)26-23(28)30-15-14-27-12-6-1-7-13-27/h2-5,8-11,25H,1,6-7,12-15H2. The molecule has 1 N–H and O–H groups in total. The van der Waals surface area contributed by atoms with Crippen molar-refractivity contribution in [1.29, 1.82) is 0 Å². The van der Waals surface area contributed by atoms with E-state index in [-0.39, 0.29) is 11.2 Å². The van der Waals surface area contributed by atoms with Crippen molar-refractivity contribution in [1.82, 2.24) is 19.4 Å². The lowest BCUT2D eigenvalue weighted by Gasteiger charge is -2.26. The quantitative estimate of drug-likeness (QED) is 0.378. The molecule has 0 atom stereocenters. The minimum absolute atomic E-state index is 0.232. The Hall–Kier alpha value is -2.64. The molecule has 0 radical (unpaired) electrons. The van der Waals surface area contributed by atoms with Crippen LogP contribution in [0.2, 0.25) is 0 Å². The molecule has 0 bridgehead atoms. The highest BCUT2D eigenvalue weighted by molar-refractivity contribution is 7.99. The van der Waals surface area contributed by atoms with Crippen LogP contribution in [0.1, 0.15) is 19.3 Å². The molecule has 1 saturated heterocycles. The van der Waals surface area contributed by atoms with E-state index < -0.39 is 5.82 Å². The summed E-state index contributed by atoms with van der Waals surface area (Å²) in [5.74, 6) is 0.365. The molecule has 0 amide bonds. The topological polar surface area (TPSA) is 53.9 Å². The highest BCUT2D eigenvalue weighted by atomic mass is 32.2. The summed E-state index contributed by atoms with van der Waals surface area (Å²) in [6.45, 7) is 3.18. The number of nitrogens with one attached hydrogen (secondary N) is 1. The Morgan fingerprint density at radius 3 is 2.63 bits per heavy atom. The molecule has 0 spiro atoms. The van der Waals surface area contributed by atoms with Crippen LogP contribution >= 0.6 is 11.8 Å². The number of likely N-dealkylation sites (tertiary alicyclic amines) is 1. The summed E-state index contributed by atoms with van der Waals surface area (Å²) in [5.41, 5.74) is 1.86. The van der Waals surface area contributed by atoms with Gasteiger partial charge in [-0.3, -0.25) is 9.36 Å². The summed E-state index contributed by atoms with van der Waals surface area (Å²) < 4.78 is 16.0. The summed E-state index contributed by atoms with van der Waals surface area (Å²) in [7, 11) is 0. The van der Waals surface area contributed by atoms with Crippen LogP contribution in [0.15, 0.2) is 58.5 Å². The van der Waals surface area contributed by atoms with Crippen LogP contribution in [0, 0.1) is 5.82 Å². The predicted molar refractivity (Wildman–Crippen MR) is 120 cm³/mol. The van der Waals surface area contributed by atoms with E-state index in [4.69, 9.17) is 4.98 Å². The lowest BCUT2D eigenvalue weighted by atomic mass is 10.1. The van der Waals surface area contributed by atoms with Gasteiger partial charge in [0.15, 0.2) is 5.16 Å². The molecule has 0 saturated carbocycles. The van der Waals surface area contributed by atoms with E-state index in [9.17, 15) is 9.18 Å². The number of aromatic amines is 1. The molecule has 154 valence electrons. The molecule has 3 heterocycles. The van der Waals surface area contributed by atoms with E-state index in [0.717, 1.165) is 36.3 Å². The first kappa shape index (κ1) is 19.3. The van der Waals surface area contributed by atoms with Crippen LogP contribution in [0.25, 0.3) is 27.6 Å². The van der Waals surface area contributed by atoms with Gasteiger partial charge in [0, 0.05) is 23.2 Å². The van der Waals surface area contributed by atoms with Crippen molar-refractivity contribution in [2.24, 2.45) is 0 Å². The molecule has 0 unspecified atom stereocenters. The zero-order valence-electron chi connectivity index (χ0n) is 16.6. The molecule has 30 heavy (non-hydrogen) atoms. The zero-order valence-corrected chi connectivity index (χ0v) is 17.4. The Morgan fingerprint density at radius 2 is 1.80 bits per heavy atom. The fourth-order valence-corrected chi connectivity index (χ4v) is 5.13. The van der Waals surface area contributed by atoms with Crippen molar-refractivity contribution >= 4 is 33.7 Å². The molecule has 1 aliphatic heterocycles. The van der Waals surface area contributed by atoms with E-state index in [0.29, 0.717) is 16.2 Å². The van der Waals surface area contributed by atoms with Crippen LogP contribution in [0.5, 0.6) is 0 Å². The normalized spacial score (nSPS) is 15.2. The molecule has 5 rings (SSSR count). The first-order valence-electron chi connectivity index (χ1n) is 10.4. The maximum absolute atomic E-state index is 14.6. The van der Waals surface area contributed by atoms with Crippen molar-refractivity contribution in [3.05, 3.63) is 64.7 Å². The van der Waals surface area contributed by atoms with Crippen LogP contribution in [-0.2, 0) is 0 Å². The van der Waals surface area contributed by atoms with Gasteiger partial charge in [0.25, 0.3) is 5.56 Å². The monoisotopic (exact) mass is 422 g/mol. The van der Waals surface area contributed by atoms with Gasteiger partial charge in [0.05, 0.1) is 5.69 Å². The van der Waals surface area contributed by atoms with Gasteiger partial charge in [-0.2, -0.15) is 0 Å². The fourth-order valence-electron chi connectivity index (χ4n) is 4.13. The van der Waals surface area contributed by atoms with E-state index in [2.05, 4.69) is 9.88 Å². The maximum Gasteiger partial charge on any atom is 0.283 e. The van der Waals surface area contributed by atoms with Crippen molar-refractivity contribution < 1.29 is 4.39 Å². The maximum atomic E-state index is 14.6. The van der Waals surface area contributed by atoms with E-state index >= 15 is 0 Å². The molecule has 1 aliphatic rings. The Kier molecular flexibility index (Phi) is 5.31. The summed E-state index contributed by atoms with van der Waals surface area (Å²) >= 11 is 1.51. The summed E-state index contributed by atoms with van der Waals surface area (Å²) in [6.07, 6.45) is 3.78. The minimum Gasteiger partial charge on any atom is -0.349 e. The number of benzene rings is 2. The molecule has 7 heteroatoms. The zero-order chi connectivity index (χ0) is 20.5. The smallest absolute Gasteiger partial charge is 0.283 e. The molecule has 0 aliphatic carbocycles. The average molecular weight is 423 g/mol. The molecule has 1 fully saturated rings. The number of halogens is 1. The highest BCUT2D eigenvalue weighted by Crippen LogP contribution is 2.27. The number of fused-ring (bicyclic) bond motifs is 3. The number of H-pyrrole nitrogens is 1. The van der Waals surface area contributed by atoms with Gasteiger partial charge in [-0.05, 0) is 44.1 Å². The van der Waals surface area contributed by atoms with Gasteiger partial charge in [-0.15, -0.1) is 0 Å². The number of nitrogens with zero attached hydrogens (tertiary/aromatic N) is 3. The van der Waals surface area contributed by atoms with Crippen molar-refractivity contribution in [3.63, 3.8) is 0 Å². The average Bonchev–Trinajstić information content (AvgIpc) is 3.15. The number of piperidine rings is 1. The SMILES string of the molecule is O=c1c2[nH]c3ccccc3c2nc(SCCN2CCCCC2)n1-c1ccccc1F. The number of aromatic nitrogens is 3. The van der Waals surface area contributed by atoms with Gasteiger partial charge in [-0.1, -0.05) is 48.5 Å². The first-order chi connectivity index (χ1) is 14.7. The Bertz CT molecular complexity index is 1260. The van der Waals surface area contributed by atoms with Gasteiger partial charge < -0.3 is 9.88 Å². The third-order valence-corrected chi connectivity index (χ3v) is 6.59. The van der Waals surface area contributed by atoms with Crippen molar-refractivity contribution in [2.75, 3.05) is 25.4 Å². The lowest BCUT2D eigenvalue weighted by molar-refractivity contribution is 0.242. The summed E-state index contributed by atoms with van der Waals surface area (Å²) in [4.78, 5) is 23.9. The van der Waals surface area contributed by atoms with Gasteiger partial charge in [0.2, 0.25) is 0 Å². The minimum atomic E-state index is -0.435. The lowest BCUT2D eigenvalue weighted by Crippen LogP contribution is -2.31. The molecule has 5 nitrogen and oxygen atoms in total. The van der Waals surface area contributed by atoms with Gasteiger partial charge in [-0.25, -0.2) is 9.37 Å². The molecule has 4 aromatic rings. The third kappa shape index (κ3) is 3.52. The fraction of sp³-hybridized carbons (Fsp3) is 0.304. The number of para-hydroxylation sites is 2. The van der Waals surface area contributed by atoms with E-state index in [1.807, 2.05) is 24.3 Å². The Balaban J connectivity index is 1.60. The molecular formula is C23H23FN4OS. The predicted octanol–water partition coefficient (Wildman–Crippen LogP) is 4.58. The van der Waals surface area contributed by atoms with E-state index in [1.165, 1.54) is 41.7 Å². The van der Waals surface area contributed by atoms with Gasteiger partial charge >= 0.3 is 0 Å². The van der Waals surface area contributed by atoms with Crippen LogP contribution in [-0.4, -0.2) is 44.8 Å². The van der Waals surface area contributed by atoms with Crippen LogP contribution in [0.3, 0.4) is 0 Å². The van der Waals surface area contributed by atoms with Crippen molar-refractivity contribution in [3.8, 4) is 5.69 Å². The Morgan fingerprint density at radius 1 is 1.03 bits per heavy atom. The molecular weight excluding hydrogens is 399 g/mol. The summed E-state index contributed by atoms with van der Waals surface area (Å²) in [6, 6.07) is 14.1. The third-order valence-electron chi connectivity index (χ3n) is 5.68. The van der Waals surface area contributed by atoms with Crippen LogP contribution < -0.4 is 5.56 Å².